The average molecular weight is 303 g/mol. The highest BCUT2D eigenvalue weighted by Crippen LogP contribution is 2.26. The maximum atomic E-state index is 11.8. The highest BCUT2D eigenvalue weighted by molar-refractivity contribution is 5.76. The second-order valence-corrected chi connectivity index (χ2v) is 4.92. The van der Waals surface area contributed by atoms with E-state index in [1.54, 1.807) is 12.1 Å². The van der Waals surface area contributed by atoms with Gasteiger partial charge in [-0.3, -0.25) is 4.79 Å². The molecule has 0 aromatic heterocycles. The lowest BCUT2D eigenvalue weighted by Gasteiger charge is -2.07. The van der Waals surface area contributed by atoms with Crippen molar-refractivity contribution in [1.82, 2.24) is 5.32 Å². The fraction of sp³-hybridized carbons (Fsp3) is 0.188. The van der Waals surface area contributed by atoms with Gasteiger partial charge in [0.15, 0.2) is 23.0 Å². The zero-order valence-electron chi connectivity index (χ0n) is 11.8. The molecule has 0 bridgehead atoms. The van der Waals surface area contributed by atoms with Crippen LogP contribution in [0.1, 0.15) is 17.5 Å². The first-order valence-corrected chi connectivity index (χ1v) is 6.74. The summed E-state index contributed by atoms with van der Waals surface area (Å²) < 4.78 is 0. The van der Waals surface area contributed by atoms with E-state index in [0.29, 0.717) is 12.0 Å². The van der Waals surface area contributed by atoms with E-state index in [2.05, 4.69) is 5.32 Å². The Morgan fingerprint density at radius 2 is 1.36 bits per heavy atom. The van der Waals surface area contributed by atoms with Crippen molar-refractivity contribution in [2.45, 2.75) is 19.4 Å². The molecule has 2 rings (SSSR count). The molecule has 0 aliphatic carbocycles. The average Bonchev–Trinajstić information content (AvgIpc) is 2.49. The second kappa shape index (κ2) is 6.71. The van der Waals surface area contributed by atoms with Crippen LogP contribution in [0.4, 0.5) is 0 Å². The quantitative estimate of drug-likeness (QED) is 0.541. The van der Waals surface area contributed by atoms with E-state index < -0.39 is 0 Å². The molecule has 0 unspecified atom stereocenters. The van der Waals surface area contributed by atoms with Gasteiger partial charge in [-0.15, -0.1) is 0 Å². The Kier molecular flexibility index (Phi) is 4.73. The molecule has 0 radical (unpaired) electrons. The monoisotopic (exact) mass is 303 g/mol. The first-order valence-electron chi connectivity index (χ1n) is 6.74. The van der Waals surface area contributed by atoms with Crippen LogP contribution in [-0.2, 0) is 17.8 Å². The summed E-state index contributed by atoms with van der Waals surface area (Å²) in [5, 5.41) is 39.8. The third-order valence-corrected chi connectivity index (χ3v) is 3.21. The van der Waals surface area contributed by atoms with Crippen molar-refractivity contribution in [1.29, 1.82) is 0 Å². The number of nitrogens with one attached hydrogen (secondary N) is 1. The summed E-state index contributed by atoms with van der Waals surface area (Å²) in [6, 6.07) is 8.78. The number of aryl methyl sites for hydroxylation is 1. The maximum Gasteiger partial charge on any atom is 0.220 e. The van der Waals surface area contributed by atoms with Gasteiger partial charge in [0.25, 0.3) is 0 Å². The summed E-state index contributed by atoms with van der Waals surface area (Å²) >= 11 is 0. The molecule has 0 heterocycles. The van der Waals surface area contributed by atoms with Crippen molar-refractivity contribution in [3.8, 4) is 23.0 Å². The van der Waals surface area contributed by atoms with Gasteiger partial charge in [0, 0.05) is 13.0 Å². The van der Waals surface area contributed by atoms with Crippen LogP contribution in [0.25, 0.3) is 0 Å². The fourth-order valence-electron chi connectivity index (χ4n) is 1.95. The molecule has 0 aliphatic heterocycles. The number of amides is 1. The van der Waals surface area contributed by atoms with E-state index in [4.69, 9.17) is 0 Å². The predicted molar refractivity (Wildman–Crippen MR) is 79.7 cm³/mol. The van der Waals surface area contributed by atoms with E-state index in [1.165, 1.54) is 24.3 Å². The Hall–Kier alpha value is -2.89. The number of phenolic OH excluding ortho intramolecular Hbond substituents is 4. The lowest BCUT2D eigenvalue weighted by atomic mass is 10.1. The molecule has 0 fully saturated rings. The zero-order chi connectivity index (χ0) is 16.1. The Labute approximate surface area is 127 Å². The smallest absolute Gasteiger partial charge is 0.220 e. The predicted octanol–water partition coefficient (Wildman–Crippen LogP) is 1.76. The normalized spacial score (nSPS) is 10.4. The van der Waals surface area contributed by atoms with E-state index >= 15 is 0 Å². The van der Waals surface area contributed by atoms with E-state index in [1.807, 2.05) is 0 Å². The topological polar surface area (TPSA) is 110 Å². The molecular formula is C16H17NO5. The number of rotatable bonds is 5. The van der Waals surface area contributed by atoms with Gasteiger partial charge >= 0.3 is 0 Å². The highest BCUT2D eigenvalue weighted by atomic mass is 16.3. The van der Waals surface area contributed by atoms with Crippen LogP contribution in [0.3, 0.4) is 0 Å². The molecule has 2 aromatic carbocycles. The molecule has 0 aliphatic rings. The third-order valence-electron chi connectivity index (χ3n) is 3.21. The highest BCUT2D eigenvalue weighted by Gasteiger charge is 2.06. The van der Waals surface area contributed by atoms with Gasteiger partial charge in [-0.1, -0.05) is 12.1 Å². The summed E-state index contributed by atoms with van der Waals surface area (Å²) in [6.45, 7) is 0.244. The van der Waals surface area contributed by atoms with Crippen molar-refractivity contribution >= 4 is 5.91 Å². The van der Waals surface area contributed by atoms with Gasteiger partial charge in [0.1, 0.15) is 0 Å². The molecule has 0 atom stereocenters. The lowest BCUT2D eigenvalue weighted by Crippen LogP contribution is -2.22. The van der Waals surface area contributed by atoms with Crippen LogP contribution in [0.5, 0.6) is 23.0 Å². The molecule has 6 nitrogen and oxygen atoms in total. The van der Waals surface area contributed by atoms with Crippen molar-refractivity contribution < 1.29 is 25.2 Å². The van der Waals surface area contributed by atoms with Gasteiger partial charge in [-0.25, -0.2) is 0 Å². The van der Waals surface area contributed by atoms with Crippen molar-refractivity contribution in [3.05, 3.63) is 47.5 Å². The number of phenols is 4. The molecule has 0 saturated carbocycles. The van der Waals surface area contributed by atoms with Crippen LogP contribution in [0.2, 0.25) is 0 Å². The first kappa shape index (κ1) is 15.5. The van der Waals surface area contributed by atoms with Crippen LogP contribution in [0, 0.1) is 0 Å². The van der Waals surface area contributed by atoms with Gasteiger partial charge in [0.05, 0.1) is 0 Å². The van der Waals surface area contributed by atoms with Crippen molar-refractivity contribution in [2.75, 3.05) is 0 Å². The Morgan fingerprint density at radius 3 is 1.95 bits per heavy atom. The molecular weight excluding hydrogens is 286 g/mol. The first-order chi connectivity index (χ1) is 10.5. The number of hydrogen-bond donors (Lipinski definition) is 5. The van der Waals surface area contributed by atoms with E-state index in [0.717, 1.165) is 5.56 Å². The second-order valence-electron chi connectivity index (χ2n) is 4.92. The minimum atomic E-state index is -0.230. The molecule has 22 heavy (non-hydrogen) atoms. The van der Waals surface area contributed by atoms with Gasteiger partial charge in [-0.05, 0) is 41.8 Å². The van der Waals surface area contributed by atoms with Crippen molar-refractivity contribution in [3.63, 3.8) is 0 Å². The van der Waals surface area contributed by atoms with Crippen LogP contribution in [-0.4, -0.2) is 26.3 Å². The summed E-state index contributed by atoms with van der Waals surface area (Å²) in [5.74, 6) is -1.02. The maximum absolute atomic E-state index is 11.8. The summed E-state index contributed by atoms with van der Waals surface area (Å²) in [7, 11) is 0. The number of aromatic hydroxyl groups is 4. The lowest BCUT2D eigenvalue weighted by molar-refractivity contribution is -0.121. The van der Waals surface area contributed by atoms with Gasteiger partial charge in [0.2, 0.25) is 5.91 Å². The van der Waals surface area contributed by atoms with E-state index in [-0.39, 0.29) is 41.9 Å². The molecule has 2 aromatic rings. The van der Waals surface area contributed by atoms with Crippen LogP contribution < -0.4 is 5.32 Å². The summed E-state index contributed by atoms with van der Waals surface area (Å²) in [4.78, 5) is 11.8. The largest absolute Gasteiger partial charge is 0.504 e. The molecule has 0 saturated heterocycles. The van der Waals surface area contributed by atoms with Crippen molar-refractivity contribution in [2.24, 2.45) is 0 Å². The Morgan fingerprint density at radius 1 is 0.818 bits per heavy atom. The standard InChI is InChI=1S/C16H17NO5/c18-12-4-1-10(7-14(12)20)3-6-16(22)17-9-11-2-5-13(19)15(21)8-11/h1-2,4-5,7-8,18-21H,3,6,9H2,(H,17,22). The Balaban J connectivity index is 1.82. The number of benzene rings is 2. The fourth-order valence-corrected chi connectivity index (χ4v) is 1.95. The molecule has 1 amide bonds. The minimum absolute atomic E-state index is 0.180. The molecule has 0 spiro atoms. The molecule has 5 N–H and O–H groups in total. The summed E-state index contributed by atoms with van der Waals surface area (Å²) in [6.07, 6.45) is 0.661. The number of carbonyl (C=O) groups excluding carboxylic acids is 1. The third kappa shape index (κ3) is 4.05. The van der Waals surface area contributed by atoms with Gasteiger partial charge in [-0.2, -0.15) is 0 Å². The van der Waals surface area contributed by atoms with E-state index in [9.17, 15) is 25.2 Å². The number of carbonyl (C=O) groups is 1. The minimum Gasteiger partial charge on any atom is -0.504 e. The molecule has 6 heteroatoms. The van der Waals surface area contributed by atoms with Crippen LogP contribution in [0.15, 0.2) is 36.4 Å². The van der Waals surface area contributed by atoms with Crippen LogP contribution >= 0.6 is 0 Å². The van der Waals surface area contributed by atoms with Gasteiger partial charge < -0.3 is 25.7 Å². The molecule has 116 valence electrons. The zero-order valence-corrected chi connectivity index (χ0v) is 11.8. The Bertz CT molecular complexity index is 627. The SMILES string of the molecule is O=C(CCc1ccc(O)c(O)c1)NCc1ccc(O)c(O)c1. The number of hydrogen-bond acceptors (Lipinski definition) is 5. The summed E-state index contributed by atoms with van der Waals surface area (Å²) in [5.41, 5.74) is 1.42.